The maximum absolute atomic E-state index is 12.6. The van der Waals surface area contributed by atoms with Gasteiger partial charge in [0.25, 0.3) is 0 Å². The quantitative estimate of drug-likeness (QED) is 0.830. The number of rotatable bonds is 5. The van der Waals surface area contributed by atoms with Crippen LogP contribution in [0.2, 0.25) is 0 Å². The molecule has 0 aromatic carbocycles. The lowest BCUT2D eigenvalue weighted by Crippen LogP contribution is -2.49. The van der Waals surface area contributed by atoms with Crippen LogP contribution in [0, 0.1) is 11.8 Å². The van der Waals surface area contributed by atoms with Gasteiger partial charge in [-0.2, -0.15) is 0 Å². The van der Waals surface area contributed by atoms with E-state index in [-0.39, 0.29) is 0 Å². The molecule has 2 atom stereocenters. The van der Waals surface area contributed by atoms with Crippen molar-refractivity contribution in [3.05, 3.63) is 0 Å². The number of hydrogen-bond acceptors (Lipinski definition) is 2. The van der Waals surface area contributed by atoms with E-state index in [9.17, 15) is 4.79 Å². The van der Waals surface area contributed by atoms with E-state index in [0.29, 0.717) is 29.8 Å². The molecule has 1 aliphatic heterocycles. The average molecular weight is 266 g/mol. The van der Waals surface area contributed by atoms with Crippen molar-refractivity contribution in [2.45, 2.75) is 71.4 Å². The van der Waals surface area contributed by atoms with Crippen LogP contribution in [0.25, 0.3) is 0 Å². The van der Waals surface area contributed by atoms with Gasteiger partial charge in [0.2, 0.25) is 5.91 Å². The topological polar surface area (TPSA) is 32.3 Å². The highest BCUT2D eigenvalue weighted by Gasteiger charge is 2.32. The molecule has 1 aliphatic carbocycles. The molecule has 1 saturated heterocycles. The predicted molar refractivity (Wildman–Crippen MR) is 79.0 cm³/mol. The molecule has 1 heterocycles. The van der Waals surface area contributed by atoms with Gasteiger partial charge in [-0.25, -0.2) is 0 Å². The second-order valence-electron chi connectivity index (χ2n) is 6.77. The lowest BCUT2D eigenvalue weighted by atomic mass is 9.84. The van der Waals surface area contributed by atoms with Crippen LogP contribution < -0.4 is 5.32 Å². The summed E-state index contributed by atoms with van der Waals surface area (Å²) in [4.78, 5) is 14.7. The fraction of sp³-hybridized carbons (Fsp3) is 0.938. The van der Waals surface area contributed by atoms with E-state index < -0.39 is 0 Å². The summed E-state index contributed by atoms with van der Waals surface area (Å²) in [6, 6.07) is 0.888. The summed E-state index contributed by atoms with van der Waals surface area (Å²) in [5, 5.41) is 3.46. The first-order chi connectivity index (χ1) is 9.09. The van der Waals surface area contributed by atoms with Crippen molar-refractivity contribution < 1.29 is 4.79 Å². The Bertz CT molecular complexity index is 293. The zero-order chi connectivity index (χ0) is 13.8. The Morgan fingerprint density at radius 2 is 1.95 bits per heavy atom. The zero-order valence-electron chi connectivity index (χ0n) is 12.8. The van der Waals surface area contributed by atoms with Crippen molar-refractivity contribution in [3.63, 3.8) is 0 Å². The maximum Gasteiger partial charge on any atom is 0.223 e. The first kappa shape index (κ1) is 14.8. The van der Waals surface area contributed by atoms with Crippen LogP contribution in [0.3, 0.4) is 0 Å². The molecule has 1 saturated carbocycles. The standard InChI is InChI=1S/C16H30N2O/c1-12(2)18(15-7-4-8-15)16(19)10-13(3)14-6-5-9-17-11-14/h12-15,17H,4-11H2,1-3H3. The van der Waals surface area contributed by atoms with Crippen molar-refractivity contribution in [3.8, 4) is 0 Å². The van der Waals surface area contributed by atoms with E-state index >= 15 is 0 Å². The van der Waals surface area contributed by atoms with Crippen molar-refractivity contribution in [1.82, 2.24) is 10.2 Å². The Morgan fingerprint density at radius 1 is 1.21 bits per heavy atom. The van der Waals surface area contributed by atoms with Crippen LogP contribution in [0.1, 0.15) is 59.3 Å². The number of hydrogen-bond donors (Lipinski definition) is 1. The van der Waals surface area contributed by atoms with Crippen LogP contribution in [0.5, 0.6) is 0 Å². The maximum atomic E-state index is 12.6. The molecule has 0 bridgehead atoms. The highest BCUT2D eigenvalue weighted by Crippen LogP contribution is 2.29. The molecule has 2 rings (SSSR count). The first-order valence-electron chi connectivity index (χ1n) is 8.11. The van der Waals surface area contributed by atoms with Gasteiger partial charge in [0, 0.05) is 18.5 Å². The van der Waals surface area contributed by atoms with Gasteiger partial charge in [0.15, 0.2) is 0 Å². The third-order valence-corrected chi connectivity index (χ3v) is 4.95. The lowest BCUT2D eigenvalue weighted by Gasteiger charge is -2.41. The zero-order valence-corrected chi connectivity index (χ0v) is 12.8. The molecule has 2 fully saturated rings. The summed E-state index contributed by atoms with van der Waals surface area (Å²) in [6.07, 6.45) is 7.00. The molecular weight excluding hydrogens is 236 g/mol. The molecule has 110 valence electrons. The number of piperidine rings is 1. The van der Waals surface area contributed by atoms with Gasteiger partial charge < -0.3 is 10.2 Å². The molecule has 2 unspecified atom stereocenters. The predicted octanol–water partition coefficient (Wildman–Crippen LogP) is 2.80. The van der Waals surface area contributed by atoms with E-state index in [0.717, 1.165) is 19.5 Å². The number of carbonyl (C=O) groups is 1. The highest BCUT2D eigenvalue weighted by molar-refractivity contribution is 5.77. The molecule has 0 aromatic rings. The van der Waals surface area contributed by atoms with Crippen LogP contribution in [-0.2, 0) is 4.79 Å². The Kier molecular flexibility index (Phi) is 5.26. The molecule has 2 aliphatic rings. The lowest BCUT2D eigenvalue weighted by molar-refractivity contribution is -0.138. The minimum atomic E-state index is 0.356. The molecule has 3 nitrogen and oxygen atoms in total. The van der Waals surface area contributed by atoms with Crippen molar-refractivity contribution in [2.24, 2.45) is 11.8 Å². The van der Waals surface area contributed by atoms with Gasteiger partial charge in [-0.15, -0.1) is 0 Å². The third-order valence-electron chi connectivity index (χ3n) is 4.95. The summed E-state index contributed by atoms with van der Waals surface area (Å²) in [7, 11) is 0. The van der Waals surface area contributed by atoms with Crippen molar-refractivity contribution in [2.75, 3.05) is 13.1 Å². The average Bonchev–Trinajstić information content (AvgIpc) is 2.33. The van der Waals surface area contributed by atoms with Gasteiger partial charge in [0.1, 0.15) is 0 Å². The van der Waals surface area contributed by atoms with E-state index in [1.54, 1.807) is 0 Å². The first-order valence-corrected chi connectivity index (χ1v) is 8.11. The van der Waals surface area contributed by atoms with Crippen LogP contribution >= 0.6 is 0 Å². The summed E-state index contributed by atoms with van der Waals surface area (Å²) in [5.74, 6) is 1.59. The fourth-order valence-corrected chi connectivity index (χ4v) is 3.49. The smallest absolute Gasteiger partial charge is 0.223 e. The minimum Gasteiger partial charge on any atom is -0.337 e. The summed E-state index contributed by atoms with van der Waals surface area (Å²) >= 11 is 0. The Morgan fingerprint density at radius 3 is 2.42 bits per heavy atom. The molecule has 1 N–H and O–H groups in total. The molecule has 3 heteroatoms. The SMILES string of the molecule is CC(CC(=O)N(C(C)C)C1CCC1)C1CCCNC1. The van der Waals surface area contributed by atoms with Gasteiger partial charge in [-0.3, -0.25) is 4.79 Å². The van der Waals surface area contributed by atoms with Gasteiger partial charge in [-0.1, -0.05) is 6.92 Å². The van der Waals surface area contributed by atoms with Crippen LogP contribution in [0.4, 0.5) is 0 Å². The van der Waals surface area contributed by atoms with Crippen molar-refractivity contribution in [1.29, 1.82) is 0 Å². The fourth-order valence-electron chi connectivity index (χ4n) is 3.49. The molecule has 1 amide bonds. The molecular formula is C16H30N2O. The molecule has 19 heavy (non-hydrogen) atoms. The van der Waals surface area contributed by atoms with Gasteiger partial charge in [0.05, 0.1) is 0 Å². The summed E-state index contributed by atoms with van der Waals surface area (Å²) in [5.41, 5.74) is 0. The van der Waals surface area contributed by atoms with E-state index in [2.05, 4.69) is 31.0 Å². The third kappa shape index (κ3) is 3.71. The normalized spacial score (nSPS) is 26.0. The number of nitrogens with zero attached hydrogens (tertiary/aromatic N) is 1. The van der Waals surface area contributed by atoms with Crippen LogP contribution in [-0.4, -0.2) is 36.0 Å². The highest BCUT2D eigenvalue weighted by atomic mass is 16.2. The Balaban J connectivity index is 1.86. The van der Waals surface area contributed by atoms with E-state index in [4.69, 9.17) is 0 Å². The summed E-state index contributed by atoms with van der Waals surface area (Å²) < 4.78 is 0. The Hall–Kier alpha value is -0.570. The number of nitrogens with one attached hydrogen (secondary N) is 1. The summed E-state index contributed by atoms with van der Waals surface area (Å²) in [6.45, 7) is 8.82. The van der Waals surface area contributed by atoms with Crippen LogP contribution in [0.15, 0.2) is 0 Å². The van der Waals surface area contributed by atoms with E-state index in [1.807, 2.05) is 0 Å². The molecule has 0 aromatic heterocycles. The number of amides is 1. The second-order valence-corrected chi connectivity index (χ2v) is 6.77. The minimum absolute atomic E-state index is 0.356. The van der Waals surface area contributed by atoms with E-state index in [1.165, 1.54) is 32.1 Å². The monoisotopic (exact) mass is 266 g/mol. The largest absolute Gasteiger partial charge is 0.337 e. The second kappa shape index (κ2) is 6.74. The van der Waals surface area contributed by atoms with Gasteiger partial charge in [-0.05, 0) is 70.9 Å². The molecule has 0 spiro atoms. The Labute approximate surface area is 118 Å². The van der Waals surface area contributed by atoms with Gasteiger partial charge >= 0.3 is 0 Å². The van der Waals surface area contributed by atoms with Crippen molar-refractivity contribution >= 4 is 5.91 Å². The molecule has 0 radical (unpaired) electrons. The number of carbonyl (C=O) groups excluding carboxylic acids is 1.